The highest BCUT2D eigenvalue weighted by atomic mass is 79.9. The van der Waals surface area contributed by atoms with E-state index >= 15 is 0 Å². The molecule has 0 bridgehead atoms. The van der Waals surface area contributed by atoms with Gasteiger partial charge in [0.05, 0.1) is 18.2 Å². The average Bonchev–Trinajstić information content (AvgIpc) is 2.17. The first-order valence-corrected chi connectivity index (χ1v) is 4.60. The molecule has 1 unspecified atom stereocenters. The van der Waals surface area contributed by atoms with Gasteiger partial charge in [0.25, 0.3) is 0 Å². The summed E-state index contributed by atoms with van der Waals surface area (Å²) in [4.78, 5) is 0. The molecule has 2 N–H and O–H groups in total. The first-order chi connectivity index (χ1) is 6.19. The Morgan fingerprint density at radius 1 is 1.54 bits per heavy atom. The summed E-state index contributed by atoms with van der Waals surface area (Å²) in [6.45, 7) is -0.287. The quantitative estimate of drug-likeness (QED) is 0.850. The van der Waals surface area contributed by atoms with Gasteiger partial charge in [0.15, 0.2) is 0 Å². The SMILES string of the molecule is COc1cc(C(O)CO)ccc1Br. The van der Waals surface area contributed by atoms with Crippen LogP contribution in [0.3, 0.4) is 0 Å². The Labute approximate surface area is 85.1 Å². The van der Waals surface area contributed by atoms with E-state index in [-0.39, 0.29) is 6.61 Å². The normalized spacial score (nSPS) is 12.6. The number of rotatable bonds is 3. The van der Waals surface area contributed by atoms with E-state index in [0.717, 1.165) is 4.47 Å². The van der Waals surface area contributed by atoms with Crippen LogP contribution in [0.15, 0.2) is 22.7 Å². The van der Waals surface area contributed by atoms with Gasteiger partial charge in [-0.05, 0) is 33.6 Å². The van der Waals surface area contributed by atoms with Gasteiger partial charge in [-0.25, -0.2) is 0 Å². The van der Waals surface area contributed by atoms with Crippen LogP contribution in [-0.2, 0) is 0 Å². The third kappa shape index (κ3) is 2.43. The fraction of sp³-hybridized carbons (Fsp3) is 0.333. The van der Waals surface area contributed by atoms with E-state index in [1.165, 1.54) is 0 Å². The predicted octanol–water partition coefficient (Wildman–Crippen LogP) is 1.48. The second-order valence-corrected chi connectivity index (χ2v) is 3.45. The second kappa shape index (κ2) is 4.60. The van der Waals surface area contributed by atoms with E-state index in [1.807, 2.05) is 0 Å². The summed E-state index contributed by atoms with van der Waals surface area (Å²) >= 11 is 3.29. The highest BCUT2D eigenvalue weighted by Gasteiger charge is 2.08. The second-order valence-electron chi connectivity index (χ2n) is 2.59. The number of aliphatic hydroxyl groups is 2. The van der Waals surface area contributed by atoms with Gasteiger partial charge in [-0.2, -0.15) is 0 Å². The van der Waals surface area contributed by atoms with Gasteiger partial charge in [-0.15, -0.1) is 0 Å². The number of halogens is 1. The van der Waals surface area contributed by atoms with Crippen LogP contribution in [0.2, 0.25) is 0 Å². The predicted molar refractivity (Wildman–Crippen MR) is 52.7 cm³/mol. The molecule has 3 nitrogen and oxygen atoms in total. The molecule has 0 fully saturated rings. The van der Waals surface area contributed by atoms with Gasteiger partial charge < -0.3 is 14.9 Å². The van der Waals surface area contributed by atoms with Crippen LogP contribution in [0.5, 0.6) is 5.75 Å². The lowest BCUT2D eigenvalue weighted by atomic mass is 10.1. The van der Waals surface area contributed by atoms with Gasteiger partial charge in [0.2, 0.25) is 0 Å². The fourth-order valence-electron chi connectivity index (χ4n) is 0.989. The summed E-state index contributed by atoms with van der Waals surface area (Å²) in [5.74, 6) is 0.644. The van der Waals surface area contributed by atoms with Crippen LogP contribution < -0.4 is 4.74 Å². The molecule has 1 atom stereocenters. The van der Waals surface area contributed by atoms with Crippen molar-refractivity contribution in [3.05, 3.63) is 28.2 Å². The number of methoxy groups -OCH3 is 1. The van der Waals surface area contributed by atoms with Crippen molar-refractivity contribution >= 4 is 15.9 Å². The van der Waals surface area contributed by atoms with Crippen LogP contribution in [0, 0.1) is 0 Å². The topological polar surface area (TPSA) is 49.7 Å². The average molecular weight is 247 g/mol. The highest BCUT2D eigenvalue weighted by Crippen LogP contribution is 2.27. The molecule has 1 aromatic rings. The lowest BCUT2D eigenvalue weighted by Gasteiger charge is -2.10. The van der Waals surface area contributed by atoms with E-state index in [1.54, 1.807) is 25.3 Å². The molecule has 0 spiro atoms. The van der Waals surface area contributed by atoms with Crippen molar-refractivity contribution in [1.29, 1.82) is 0 Å². The lowest BCUT2D eigenvalue weighted by molar-refractivity contribution is 0.0954. The zero-order chi connectivity index (χ0) is 9.84. The minimum atomic E-state index is -0.845. The third-order valence-corrected chi connectivity index (χ3v) is 2.39. The molecular weight excluding hydrogens is 236 g/mol. The van der Waals surface area contributed by atoms with E-state index in [0.29, 0.717) is 11.3 Å². The standard InChI is InChI=1S/C9H11BrO3/c1-13-9-4-6(8(12)5-11)2-3-7(9)10/h2-4,8,11-12H,5H2,1H3. The summed E-state index contributed by atoms with van der Waals surface area (Å²) in [7, 11) is 1.55. The zero-order valence-corrected chi connectivity index (χ0v) is 8.78. The zero-order valence-electron chi connectivity index (χ0n) is 7.20. The molecule has 72 valence electrons. The third-order valence-electron chi connectivity index (χ3n) is 1.73. The van der Waals surface area contributed by atoms with Crippen molar-refractivity contribution in [2.45, 2.75) is 6.10 Å². The molecule has 1 rings (SSSR count). The largest absolute Gasteiger partial charge is 0.496 e. The molecule has 4 heteroatoms. The van der Waals surface area contributed by atoms with Gasteiger partial charge in [-0.1, -0.05) is 6.07 Å². The van der Waals surface area contributed by atoms with Crippen molar-refractivity contribution in [3.63, 3.8) is 0 Å². The highest BCUT2D eigenvalue weighted by molar-refractivity contribution is 9.10. The van der Waals surface area contributed by atoms with Gasteiger partial charge >= 0.3 is 0 Å². The number of benzene rings is 1. The van der Waals surface area contributed by atoms with Crippen LogP contribution >= 0.6 is 15.9 Å². The summed E-state index contributed by atoms with van der Waals surface area (Å²) in [6, 6.07) is 5.19. The van der Waals surface area contributed by atoms with Crippen molar-refractivity contribution < 1.29 is 14.9 Å². The van der Waals surface area contributed by atoms with Crippen molar-refractivity contribution in [2.24, 2.45) is 0 Å². The Morgan fingerprint density at radius 3 is 2.77 bits per heavy atom. The molecule has 1 aromatic carbocycles. The molecule has 0 amide bonds. The van der Waals surface area contributed by atoms with Crippen molar-refractivity contribution in [1.82, 2.24) is 0 Å². The van der Waals surface area contributed by atoms with Crippen molar-refractivity contribution in [3.8, 4) is 5.75 Å². The Morgan fingerprint density at radius 2 is 2.23 bits per heavy atom. The minimum absolute atomic E-state index is 0.287. The van der Waals surface area contributed by atoms with E-state index in [9.17, 15) is 5.11 Å². The van der Waals surface area contributed by atoms with Crippen LogP contribution in [0.25, 0.3) is 0 Å². The van der Waals surface area contributed by atoms with Gasteiger partial charge in [0.1, 0.15) is 11.9 Å². The monoisotopic (exact) mass is 246 g/mol. The smallest absolute Gasteiger partial charge is 0.133 e. The van der Waals surface area contributed by atoms with Gasteiger partial charge in [0, 0.05) is 0 Å². The van der Waals surface area contributed by atoms with Crippen LogP contribution in [0.1, 0.15) is 11.7 Å². The van der Waals surface area contributed by atoms with Crippen molar-refractivity contribution in [2.75, 3.05) is 13.7 Å². The van der Waals surface area contributed by atoms with Crippen LogP contribution in [-0.4, -0.2) is 23.9 Å². The van der Waals surface area contributed by atoms with E-state index in [4.69, 9.17) is 9.84 Å². The Bertz CT molecular complexity index is 288. The van der Waals surface area contributed by atoms with Crippen LogP contribution in [0.4, 0.5) is 0 Å². The van der Waals surface area contributed by atoms with E-state index in [2.05, 4.69) is 15.9 Å². The van der Waals surface area contributed by atoms with E-state index < -0.39 is 6.10 Å². The summed E-state index contributed by atoms with van der Waals surface area (Å²) in [5.41, 5.74) is 0.641. The maximum absolute atomic E-state index is 9.32. The molecule has 0 aliphatic carbocycles. The lowest BCUT2D eigenvalue weighted by Crippen LogP contribution is -2.02. The first kappa shape index (κ1) is 10.5. The maximum Gasteiger partial charge on any atom is 0.133 e. The molecule has 0 aliphatic rings. The summed E-state index contributed by atoms with van der Waals surface area (Å²) in [6.07, 6.45) is -0.845. The molecule has 0 saturated carbocycles. The maximum atomic E-state index is 9.32. The Balaban J connectivity index is 2.99. The number of hydrogen-bond donors (Lipinski definition) is 2. The minimum Gasteiger partial charge on any atom is -0.496 e. The number of hydrogen-bond acceptors (Lipinski definition) is 3. The Kier molecular flexibility index (Phi) is 3.71. The Hall–Kier alpha value is -0.580. The number of aliphatic hydroxyl groups excluding tert-OH is 2. The summed E-state index contributed by atoms with van der Waals surface area (Å²) in [5, 5.41) is 18.0. The molecule has 13 heavy (non-hydrogen) atoms. The molecule has 0 radical (unpaired) electrons. The molecule has 0 aromatic heterocycles. The molecular formula is C9H11BrO3. The fourth-order valence-corrected chi connectivity index (χ4v) is 1.40. The van der Waals surface area contributed by atoms with Gasteiger partial charge in [-0.3, -0.25) is 0 Å². The number of ether oxygens (including phenoxy) is 1. The molecule has 0 aliphatic heterocycles. The molecule has 0 saturated heterocycles. The molecule has 0 heterocycles. The first-order valence-electron chi connectivity index (χ1n) is 3.81. The summed E-state index contributed by atoms with van der Waals surface area (Å²) < 4.78 is 5.86.